The third kappa shape index (κ3) is 6.65. The molecule has 0 fully saturated rings. The fourth-order valence-electron chi connectivity index (χ4n) is 3.85. The minimum absolute atomic E-state index is 0.200. The highest BCUT2D eigenvalue weighted by molar-refractivity contribution is 5.84. The van der Waals surface area contributed by atoms with Crippen LogP contribution in [-0.4, -0.2) is 36.4 Å². The zero-order valence-corrected chi connectivity index (χ0v) is 19.0. The van der Waals surface area contributed by atoms with Gasteiger partial charge in [0, 0.05) is 12.8 Å². The van der Waals surface area contributed by atoms with E-state index in [4.69, 9.17) is 9.47 Å². The van der Waals surface area contributed by atoms with Gasteiger partial charge in [0.1, 0.15) is 19.3 Å². The van der Waals surface area contributed by atoms with Gasteiger partial charge in [0.05, 0.1) is 0 Å². The topological polar surface area (TPSA) is 72.8 Å². The van der Waals surface area contributed by atoms with E-state index >= 15 is 0 Å². The van der Waals surface area contributed by atoms with Crippen LogP contribution in [-0.2, 0) is 31.9 Å². The van der Waals surface area contributed by atoms with Crippen LogP contribution in [0.15, 0.2) is 84.9 Å². The molecule has 5 nitrogen and oxygen atoms in total. The second-order valence-electron chi connectivity index (χ2n) is 8.38. The van der Waals surface area contributed by atoms with Crippen LogP contribution in [0.3, 0.4) is 0 Å². The second-order valence-corrected chi connectivity index (χ2v) is 8.38. The number of aliphatic hydroxyl groups is 1. The molecule has 0 bridgehead atoms. The predicted molar refractivity (Wildman–Crippen MR) is 132 cm³/mol. The maximum Gasteiger partial charge on any atom is 0.306 e. The van der Waals surface area contributed by atoms with E-state index in [9.17, 15) is 14.7 Å². The maximum atomic E-state index is 12.0. The molecule has 0 atom stereocenters. The summed E-state index contributed by atoms with van der Waals surface area (Å²) in [5, 5.41) is 14.6. The maximum absolute atomic E-state index is 12.0. The van der Waals surface area contributed by atoms with Gasteiger partial charge in [0.2, 0.25) is 0 Å². The summed E-state index contributed by atoms with van der Waals surface area (Å²) in [4.78, 5) is 24.1. The van der Waals surface area contributed by atoms with Crippen LogP contribution < -0.4 is 0 Å². The molecule has 4 aromatic rings. The second kappa shape index (κ2) is 11.4. The predicted octanol–water partition coefficient (Wildman–Crippen LogP) is 5.01. The van der Waals surface area contributed by atoms with Crippen molar-refractivity contribution in [3.8, 4) is 0 Å². The number of aliphatic hydroxyl groups excluding tert-OH is 1. The van der Waals surface area contributed by atoms with Crippen LogP contribution in [0.2, 0.25) is 0 Å². The summed E-state index contributed by atoms with van der Waals surface area (Å²) in [6.07, 6.45) is 0.509. The van der Waals surface area contributed by atoms with Crippen LogP contribution in [0.4, 0.5) is 0 Å². The van der Waals surface area contributed by atoms with Crippen molar-refractivity contribution in [2.24, 2.45) is 0 Å². The highest BCUT2D eigenvalue weighted by Gasteiger charge is 2.13. The molecule has 4 rings (SSSR count). The molecule has 0 spiro atoms. The van der Waals surface area contributed by atoms with Crippen molar-refractivity contribution in [3.63, 3.8) is 0 Å². The molecule has 0 aliphatic rings. The molecule has 0 heterocycles. The third-order valence-electron chi connectivity index (χ3n) is 5.74. The van der Waals surface area contributed by atoms with Crippen molar-refractivity contribution in [1.29, 1.82) is 0 Å². The molecule has 0 unspecified atom stereocenters. The van der Waals surface area contributed by atoms with E-state index < -0.39 is 18.0 Å². The number of fused-ring (bicyclic) bond motifs is 2. The number of esters is 2. The van der Waals surface area contributed by atoms with E-state index in [1.807, 2.05) is 72.8 Å². The zero-order valence-electron chi connectivity index (χ0n) is 19.0. The third-order valence-corrected chi connectivity index (χ3v) is 5.74. The Bertz CT molecular complexity index is 1180. The lowest BCUT2D eigenvalue weighted by molar-refractivity contribution is -0.152. The van der Waals surface area contributed by atoms with Crippen LogP contribution in [0.25, 0.3) is 21.5 Å². The van der Waals surface area contributed by atoms with E-state index in [1.165, 1.54) is 0 Å². The Labute approximate surface area is 198 Å². The molecule has 0 radical (unpaired) electrons. The number of carbonyl (C=O) groups excluding carboxylic acids is 2. The first-order valence-electron chi connectivity index (χ1n) is 11.5. The summed E-state index contributed by atoms with van der Waals surface area (Å²) in [5.41, 5.74) is 2.10. The molecule has 174 valence electrons. The molecule has 0 aliphatic heterocycles. The van der Waals surface area contributed by atoms with Gasteiger partial charge >= 0.3 is 11.9 Å². The van der Waals surface area contributed by atoms with E-state index in [0.717, 1.165) is 32.7 Å². The van der Waals surface area contributed by atoms with Gasteiger partial charge in [-0.1, -0.05) is 84.9 Å². The zero-order chi connectivity index (χ0) is 23.8. The largest absolute Gasteiger partial charge is 0.463 e. The van der Waals surface area contributed by atoms with Crippen LogP contribution in [0.1, 0.15) is 24.0 Å². The van der Waals surface area contributed by atoms with Crippen molar-refractivity contribution in [3.05, 3.63) is 96.1 Å². The Morgan fingerprint density at radius 1 is 0.618 bits per heavy atom. The van der Waals surface area contributed by atoms with Crippen molar-refractivity contribution in [2.45, 2.75) is 31.8 Å². The molecule has 0 saturated carbocycles. The van der Waals surface area contributed by atoms with Gasteiger partial charge in [-0.3, -0.25) is 9.59 Å². The molecule has 0 saturated heterocycles. The smallest absolute Gasteiger partial charge is 0.306 e. The lowest BCUT2D eigenvalue weighted by atomic mass is 10.0. The summed E-state index contributed by atoms with van der Waals surface area (Å²) in [5.74, 6) is -0.787. The molecule has 0 amide bonds. The summed E-state index contributed by atoms with van der Waals surface area (Å²) in [6.45, 7) is -0.400. The Kier molecular flexibility index (Phi) is 7.89. The number of rotatable bonds is 10. The van der Waals surface area contributed by atoms with E-state index in [0.29, 0.717) is 12.8 Å². The highest BCUT2D eigenvalue weighted by Crippen LogP contribution is 2.18. The number of hydrogen-bond donors (Lipinski definition) is 1. The van der Waals surface area contributed by atoms with E-state index in [2.05, 4.69) is 12.1 Å². The first kappa shape index (κ1) is 23.5. The Hall–Kier alpha value is -3.70. The number of hydrogen-bond acceptors (Lipinski definition) is 5. The van der Waals surface area contributed by atoms with Gasteiger partial charge in [-0.15, -0.1) is 0 Å². The van der Waals surface area contributed by atoms with Crippen molar-refractivity contribution >= 4 is 33.5 Å². The molecular formula is C29H28O5. The molecule has 0 aromatic heterocycles. The average Bonchev–Trinajstić information content (AvgIpc) is 2.88. The molecule has 0 aliphatic carbocycles. The first-order valence-corrected chi connectivity index (χ1v) is 11.5. The molecule has 34 heavy (non-hydrogen) atoms. The van der Waals surface area contributed by atoms with Gasteiger partial charge in [0.15, 0.2) is 0 Å². The summed E-state index contributed by atoms with van der Waals surface area (Å²) >= 11 is 0. The van der Waals surface area contributed by atoms with Crippen LogP contribution in [0, 0.1) is 0 Å². The van der Waals surface area contributed by atoms with E-state index in [-0.39, 0.29) is 26.1 Å². The monoisotopic (exact) mass is 456 g/mol. The fourth-order valence-corrected chi connectivity index (χ4v) is 3.85. The number of ether oxygens (including phenoxy) is 2. The summed E-state index contributed by atoms with van der Waals surface area (Å²) in [6, 6.07) is 28.3. The van der Waals surface area contributed by atoms with Gasteiger partial charge in [-0.05, 0) is 45.5 Å². The molecule has 1 N–H and O–H groups in total. The van der Waals surface area contributed by atoms with E-state index in [1.54, 1.807) is 0 Å². The number of benzene rings is 4. The Balaban J connectivity index is 1.13. The number of carbonyl (C=O) groups is 2. The lowest BCUT2D eigenvalue weighted by Crippen LogP contribution is -2.25. The molecule has 5 heteroatoms. The minimum Gasteiger partial charge on any atom is -0.463 e. The first-order chi connectivity index (χ1) is 16.6. The van der Waals surface area contributed by atoms with Crippen molar-refractivity contribution in [2.75, 3.05) is 13.2 Å². The van der Waals surface area contributed by atoms with Gasteiger partial charge < -0.3 is 14.6 Å². The minimum atomic E-state index is -1.05. The van der Waals surface area contributed by atoms with Gasteiger partial charge in [-0.2, -0.15) is 0 Å². The van der Waals surface area contributed by atoms with Crippen LogP contribution in [0.5, 0.6) is 0 Å². The number of aryl methyl sites for hydroxylation is 2. The fraction of sp³-hybridized carbons (Fsp3) is 0.241. The van der Waals surface area contributed by atoms with Crippen LogP contribution >= 0.6 is 0 Å². The standard InChI is InChI=1S/C29H28O5/c30-27(19-33-28(31)15-11-21-9-13-23-5-1-3-7-25(23)17-21)20-34-29(32)16-12-22-10-14-24-6-2-4-8-26(24)18-22/h1-10,13-14,17-18,27,30H,11-12,15-16,19-20H2. The van der Waals surface area contributed by atoms with Gasteiger partial charge in [-0.25, -0.2) is 0 Å². The normalized spacial score (nSPS) is 11.1. The molecular weight excluding hydrogens is 428 g/mol. The quantitative estimate of drug-likeness (QED) is 0.340. The SMILES string of the molecule is O=C(CCc1ccc2ccccc2c1)OCC(O)COC(=O)CCc1ccc2ccccc2c1. The highest BCUT2D eigenvalue weighted by atomic mass is 16.6. The lowest BCUT2D eigenvalue weighted by Gasteiger charge is -2.12. The molecule has 4 aromatic carbocycles. The van der Waals surface area contributed by atoms with Crippen molar-refractivity contribution < 1.29 is 24.2 Å². The summed E-state index contributed by atoms with van der Waals surface area (Å²) in [7, 11) is 0. The van der Waals surface area contributed by atoms with Gasteiger partial charge in [0.25, 0.3) is 0 Å². The Morgan fingerprint density at radius 2 is 1.03 bits per heavy atom. The Morgan fingerprint density at radius 3 is 1.47 bits per heavy atom. The average molecular weight is 457 g/mol. The summed E-state index contributed by atoms with van der Waals surface area (Å²) < 4.78 is 10.3. The van der Waals surface area contributed by atoms with Crippen molar-refractivity contribution in [1.82, 2.24) is 0 Å².